The highest BCUT2D eigenvalue weighted by molar-refractivity contribution is 7.96. The number of piperidine rings is 1. The average Bonchev–Trinajstić information content (AvgIpc) is 2.81. The van der Waals surface area contributed by atoms with Crippen LogP contribution in [0.15, 0.2) is 30.5 Å². The van der Waals surface area contributed by atoms with Crippen LogP contribution in [0.2, 0.25) is 0 Å². The third-order valence-corrected chi connectivity index (χ3v) is 7.10. The molecular formula is C23H29F3N4OS. The molecule has 1 aromatic heterocycles. The van der Waals surface area contributed by atoms with Crippen molar-refractivity contribution in [2.75, 3.05) is 37.4 Å². The van der Waals surface area contributed by atoms with E-state index in [0.717, 1.165) is 57.0 Å². The van der Waals surface area contributed by atoms with E-state index in [2.05, 4.69) is 38.7 Å². The van der Waals surface area contributed by atoms with Gasteiger partial charge in [-0.2, -0.15) is 13.2 Å². The number of hydrogen-bond donors (Lipinski definition) is 0. The van der Waals surface area contributed by atoms with Crippen molar-refractivity contribution < 1.29 is 17.9 Å². The van der Waals surface area contributed by atoms with Crippen LogP contribution in [0.25, 0.3) is 0 Å². The van der Waals surface area contributed by atoms with Crippen molar-refractivity contribution in [1.82, 2.24) is 14.3 Å². The van der Waals surface area contributed by atoms with Gasteiger partial charge in [-0.1, -0.05) is 18.0 Å². The van der Waals surface area contributed by atoms with Crippen molar-refractivity contribution >= 4 is 17.9 Å². The second-order valence-corrected chi connectivity index (χ2v) is 9.27. The van der Waals surface area contributed by atoms with Crippen LogP contribution in [-0.4, -0.2) is 46.8 Å². The minimum Gasteiger partial charge on any atom is -0.494 e. The molecule has 1 fully saturated rings. The summed E-state index contributed by atoms with van der Waals surface area (Å²) in [5, 5.41) is 0. The smallest absolute Gasteiger partial charge is 0.433 e. The van der Waals surface area contributed by atoms with E-state index in [0.29, 0.717) is 25.6 Å². The quantitative estimate of drug-likeness (QED) is 0.412. The number of hydrogen-bond acceptors (Lipinski definition) is 6. The number of ether oxygens (including phenoxy) is 1. The van der Waals surface area contributed by atoms with Gasteiger partial charge in [-0.25, -0.2) is 14.3 Å². The summed E-state index contributed by atoms with van der Waals surface area (Å²) in [6.07, 6.45) is 3.83. The van der Waals surface area contributed by atoms with Crippen LogP contribution in [0.3, 0.4) is 0 Å². The third kappa shape index (κ3) is 5.86. The maximum atomic E-state index is 12.9. The molecule has 32 heavy (non-hydrogen) atoms. The predicted molar refractivity (Wildman–Crippen MR) is 121 cm³/mol. The molecule has 0 aliphatic carbocycles. The standard InChI is InChI=1S/C23H29F3N4OS/c1-32-30-13-9-18-15-20(5-4-19(18)16-30)31-14-2-3-17-7-11-29(12-8-17)22-27-10-6-21(28-22)23(24,25)26/h4-6,10,15,17H,2-3,7-9,11-14,16H2,1H3. The summed E-state index contributed by atoms with van der Waals surface area (Å²) in [6.45, 7) is 4.12. The fourth-order valence-electron chi connectivity index (χ4n) is 4.39. The van der Waals surface area contributed by atoms with Gasteiger partial charge in [0, 0.05) is 32.4 Å². The number of benzene rings is 1. The van der Waals surface area contributed by atoms with E-state index in [4.69, 9.17) is 4.74 Å². The van der Waals surface area contributed by atoms with Crippen LogP contribution in [-0.2, 0) is 19.1 Å². The second kappa shape index (κ2) is 10.3. The molecule has 5 nitrogen and oxygen atoms in total. The summed E-state index contributed by atoms with van der Waals surface area (Å²) in [6, 6.07) is 7.34. The van der Waals surface area contributed by atoms with Crippen LogP contribution in [0.5, 0.6) is 5.75 Å². The molecule has 0 spiro atoms. The largest absolute Gasteiger partial charge is 0.494 e. The van der Waals surface area contributed by atoms with Crippen LogP contribution in [0, 0.1) is 5.92 Å². The molecule has 3 heterocycles. The Hall–Kier alpha value is -2.00. The molecular weight excluding hydrogens is 437 g/mol. The Labute approximate surface area is 191 Å². The first-order chi connectivity index (χ1) is 15.4. The van der Waals surface area contributed by atoms with Crippen molar-refractivity contribution in [1.29, 1.82) is 0 Å². The lowest BCUT2D eigenvalue weighted by molar-refractivity contribution is -0.141. The van der Waals surface area contributed by atoms with Crippen LogP contribution in [0.1, 0.15) is 42.5 Å². The maximum absolute atomic E-state index is 12.9. The van der Waals surface area contributed by atoms with E-state index in [1.165, 1.54) is 17.3 Å². The molecule has 2 aromatic rings. The van der Waals surface area contributed by atoms with E-state index in [1.807, 2.05) is 4.90 Å². The van der Waals surface area contributed by atoms with E-state index in [9.17, 15) is 13.2 Å². The first-order valence-electron chi connectivity index (χ1n) is 11.1. The molecule has 0 radical (unpaired) electrons. The number of anilines is 1. The van der Waals surface area contributed by atoms with E-state index in [1.54, 1.807) is 11.9 Å². The van der Waals surface area contributed by atoms with Crippen molar-refractivity contribution in [3.63, 3.8) is 0 Å². The van der Waals surface area contributed by atoms with Crippen LogP contribution >= 0.6 is 11.9 Å². The lowest BCUT2D eigenvalue weighted by Crippen LogP contribution is -2.35. The molecule has 1 saturated heterocycles. The van der Waals surface area contributed by atoms with Crippen molar-refractivity contribution in [3.8, 4) is 5.75 Å². The van der Waals surface area contributed by atoms with E-state index < -0.39 is 11.9 Å². The van der Waals surface area contributed by atoms with Gasteiger partial charge >= 0.3 is 6.18 Å². The predicted octanol–water partition coefficient (Wildman–Crippen LogP) is 5.21. The Morgan fingerprint density at radius 2 is 1.94 bits per heavy atom. The maximum Gasteiger partial charge on any atom is 0.433 e. The minimum atomic E-state index is -4.44. The number of aromatic nitrogens is 2. The molecule has 2 aliphatic rings. The first kappa shape index (κ1) is 23.2. The Bertz CT molecular complexity index is 903. The topological polar surface area (TPSA) is 41.5 Å². The second-order valence-electron chi connectivity index (χ2n) is 8.39. The Morgan fingerprint density at radius 1 is 1.12 bits per heavy atom. The Balaban J connectivity index is 1.19. The summed E-state index contributed by atoms with van der Waals surface area (Å²) < 4.78 is 47.0. The van der Waals surface area contributed by atoms with Gasteiger partial charge in [0.1, 0.15) is 11.4 Å². The molecule has 0 amide bonds. The zero-order valence-corrected chi connectivity index (χ0v) is 19.1. The molecule has 174 valence electrons. The normalized spacial score (nSPS) is 17.9. The van der Waals surface area contributed by atoms with Gasteiger partial charge in [0.05, 0.1) is 6.61 Å². The zero-order chi connectivity index (χ0) is 22.6. The van der Waals surface area contributed by atoms with Gasteiger partial charge in [0.15, 0.2) is 0 Å². The first-order valence-corrected chi connectivity index (χ1v) is 12.3. The SMILES string of the molecule is CSN1CCc2cc(OCCCC3CCN(c4nccc(C(F)(F)F)n4)CC3)ccc2C1. The van der Waals surface area contributed by atoms with Crippen molar-refractivity contribution in [2.24, 2.45) is 5.92 Å². The van der Waals surface area contributed by atoms with Crippen molar-refractivity contribution in [3.05, 3.63) is 47.3 Å². The molecule has 0 N–H and O–H groups in total. The molecule has 2 aliphatic heterocycles. The van der Waals surface area contributed by atoms with E-state index >= 15 is 0 Å². The number of nitrogens with zero attached hydrogens (tertiary/aromatic N) is 4. The number of alkyl halides is 3. The summed E-state index contributed by atoms with van der Waals surface area (Å²) in [7, 11) is 0. The third-order valence-electron chi connectivity index (χ3n) is 6.27. The van der Waals surface area contributed by atoms with Crippen LogP contribution < -0.4 is 9.64 Å². The lowest BCUT2D eigenvalue weighted by atomic mass is 9.92. The highest BCUT2D eigenvalue weighted by atomic mass is 32.2. The van der Waals surface area contributed by atoms with Gasteiger partial charge in [-0.3, -0.25) is 0 Å². The Kier molecular flexibility index (Phi) is 7.45. The summed E-state index contributed by atoms with van der Waals surface area (Å²) in [5.74, 6) is 1.68. The van der Waals surface area contributed by atoms with Gasteiger partial charge in [0.25, 0.3) is 0 Å². The number of rotatable bonds is 7. The van der Waals surface area contributed by atoms with E-state index in [-0.39, 0.29) is 5.95 Å². The fraction of sp³-hybridized carbons (Fsp3) is 0.565. The summed E-state index contributed by atoms with van der Waals surface area (Å²) in [5.41, 5.74) is 1.89. The van der Waals surface area contributed by atoms with Gasteiger partial charge in [-0.05, 0) is 73.6 Å². The van der Waals surface area contributed by atoms with Gasteiger partial charge in [-0.15, -0.1) is 0 Å². The van der Waals surface area contributed by atoms with Crippen molar-refractivity contribution in [2.45, 2.75) is 44.8 Å². The van der Waals surface area contributed by atoms with Gasteiger partial charge in [0.2, 0.25) is 5.95 Å². The highest BCUT2D eigenvalue weighted by Crippen LogP contribution is 2.30. The molecule has 0 atom stereocenters. The molecule has 1 aromatic carbocycles. The monoisotopic (exact) mass is 466 g/mol. The van der Waals surface area contributed by atoms with Crippen LogP contribution in [0.4, 0.5) is 19.1 Å². The Morgan fingerprint density at radius 3 is 2.69 bits per heavy atom. The molecule has 0 bridgehead atoms. The van der Waals surface area contributed by atoms with Gasteiger partial charge < -0.3 is 9.64 Å². The minimum absolute atomic E-state index is 0.176. The molecule has 0 saturated carbocycles. The molecule has 9 heteroatoms. The number of fused-ring (bicyclic) bond motifs is 1. The highest BCUT2D eigenvalue weighted by Gasteiger charge is 2.33. The number of halogens is 3. The molecule has 0 unspecified atom stereocenters. The molecule has 4 rings (SSSR count). The zero-order valence-electron chi connectivity index (χ0n) is 18.3. The summed E-state index contributed by atoms with van der Waals surface area (Å²) in [4.78, 5) is 9.60. The fourth-order valence-corrected chi connectivity index (χ4v) is 4.93. The lowest BCUT2D eigenvalue weighted by Gasteiger charge is -2.32. The average molecular weight is 467 g/mol. The summed E-state index contributed by atoms with van der Waals surface area (Å²) >= 11 is 1.79.